The van der Waals surface area contributed by atoms with Gasteiger partial charge in [0.1, 0.15) is 0 Å². The fourth-order valence-corrected chi connectivity index (χ4v) is 3.28. The van der Waals surface area contributed by atoms with Crippen LogP contribution in [0.3, 0.4) is 0 Å². The summed E-state index contributed by atoms with van der Waals surface area (Å²) >= 11 is 5.04. The second-order valence-electron chi connectivity index (χ2n) is 4.77. The molecule has 0 aromatic carbocycles. The van der Waals surface area contributed by atoms with E-state index in [0.717, 1.165) is 26.8 Å². The van der Waals surface area contributed by atoms with E-state index in [2.05, 4.69) is 26.3 Å². The third-order valence-electron chi connectivity index (χ3n) is 3.10. The standard InChI is InChI=1S/C13H14BrN3OS/c14-12-4-3-11(19-12)8-17-13(18)5-10(7-16-17)15-6-9-1-2-9/h3-5,7,9,15H,1-2,6,8H2. The fourth-order valence-electron chi connectivity index (χ4n) is 1.82. The Morgan fingerprint density at radius 2 is 2.32 bits per heavy atom. The molecule has 0 radical (unpaired) electrons. The molecule has 0 spiro atoms. The lowest BCUT2D eigenvalue weighted by atomic mass is 10.4. The van der Waals surface area contributed by atoms with Crippen LogP contribution in [0.15, 0.2) is 33.0 Å². The average molecular weight is 340 g/mol. The van der Waals surface area contributed by atoms with Gasteiger partial charge in [0, 0.05) is 17.5 Å². The number of hydrogen-bond acceptors (Lipinski definition) is 4. The molecule has 0 bridgehead atoms. The van der Waals surface area contributed by atoms with Crippen LogP contribution < -0.4 is 10.9 Å². The summed E-state index contributed by atoms with van der Waals surface area (Å²) in [5.74, 6) is 0.783. The van der Waals surface area contributed by atoms with Crippen molar-refractivity contribution >= 4 is 33.0 Å². The van der Waals surface area contributed by atoms with Crippen molar-refractivity contribution in [3.05, 3.63) is 43.4 Å². The maximum atomic E-state index is 12.0. The zero-order valence-corrected chi connectivity index (χ0v) is 12.7. The van der Waals surface area contributed by atoms with E-state index in [1.807, 2.05) is 12.1 Å². The third kappa shape index (κ3) is 3.45. The predicted octanol–water partition coefficient (Wildman–Crippen LogP) is 2.94. The van der Waals surface area contributed by atoms with Crippen molar-refractivity contribution in [1.29, 1.82) is 0 Å². The molecule has 0 saturated heterocycles. The van der Waals surface area contributed by atoms with E-state index >= 15 is 0 Å². The number of nitrogens with zero attached hydrogens (tertiary/aromatic N) is 2. The Balaban J connectivity index is 1.69. The Labute approximate surface area is 123 Å². The maximum absolute atomic E-state index is 12.0. The van der Waals surface area contributed by atoms with Crippen LogP contribution in [0.2, 0.25) is 0 Å². The first-order valence-electron chi connectivity index (χ1n) is 6.26. The Bertz CT molecular complexity index is 633. The van der Waals surface area contributed by atoms with Crippen molar-refractivity contribution in [3.8, 4) is 0 Å². The Morgan fingerprint density at radius 3 is 2.95 bits per heavy atom. The van der Waals surface area contributed by atoms with Crippen LogP contribution in [0.1, 0.15) is 17.7 Å². The van der Waals surface area contributed by atoms with Crippen LogP contribution in [0.5, 0.6) is 0 Å². The van der Waals surface area contributed by atoms with Gasteiger partial charge in [-0.05, 0) is 46.8 Å². The minimum atomic E-state index is -0.0645. The molecule has 0 aliphatic heterocycles. The van der Waals surface area contributed by atoms with E-state index in [0.29, 0.717) is 6.54 Å². The summed E-state index contributed by atoms with van der Waals surface area (Å²) in [5.41, 5.74) is 0.755. The van der Waals surface area contributed by atoms with Crippen LogP contribution in [-0.4, -0.2) is 16.3 Å². The minimum absolute atomic E-state index is 0.0645. The molecule has 2 aromatic heterocycles. The highest BCUT2D eigenvalue weighted by Crippen LogP contribution is 2.28. The van der Waals surface area contributed by atoms with Crippen LogP contribution >= 0.6 is 27.3 Å². The van der Waals surface area contributed by atoms with Gasteiger partial charge in [-0.15, -0.1) is 11.3 Å². The molecule has 0 amide bonds. The van der Waals surface area contributed by atoms with Crippen molar-refractivity contribution in [2.75, 3.05) is 11.9 Å². The zero-order chi connectivity index (χ0) is 13.2. The van der Waals surface area contributed by atoms with E-state index in [1.54, 1.807) is 23.6 Å². The molecule has 2 aromatic rings. The molecule has 0 unspecified atom stereocenters. The summed E-state index contributed by atoms with van der Waals surface area (Å²) in [6, 6.07) is 5.61. The molecule has 1 saturated carbocycles. The highest BCUT2D eigenvalue weighted by Gasteiger charge is 2.20. The second kappa shape index (κ2) is 5.46. The van der Waals surface area contributed by atoms with E-state index in [4.69, 9.17) is 0 Å². The van der Waals surface area contributed by atoms with Gasteiger partial charge < -0.3 is 5.32 Å². The monoisotopic (exact) mass is 339 g/mol. The van der Waals surface area contributed by atoms with Gasteiger partial charge in [-0.1, -0.05) is 0 Å². The number of rotatable bonds is 5. The first-order valence-corrected chi connectivity index (χ1v) is 7.87. The van der Waals surface area contributed by atoms with Gasteiger partial charge >= 0.3 is 0 Å². The molecule has 0 atom stereocenters. The predicted molar refractivity (Wildman–Crippen MR) is 80.8 cm³/mol. The lowest BCUT2D eigenvalue weighted by molar-refractivity contribution is 0.645. The van der Waals surface area contributed by atoms with E-state index in [-0.39, 0.29) is 5.56 Å². The molecule has 100 valence electrons. The molecular formula is C13H14BrN3OS. The molecular weight excluding hydrogens is 326 g/mol. The van der Waals surface area contributed by atoms with Crippen LogP contribution in [0.4, 0.5) is 5.69 Å². The molecule has 1 aliphatic carbocycles. The van der Waals surface area contributed by atoms with Crippen molar-refractivity contribution in [2.24, 2.45) is 5.92 Å². The quantitative estimate of drug-likeness (QED) is 0.910. The van der Waals surface area contributed by atoms with E-state index in [9.17, 15) is 4.79 Å². The number of halogens is 1. The SMILES string of the molecule is O=c1cc(NCC2CC2)cnn1Cc1ccc(Br)s1. The van der Waals surface area contributed by atoms with Gasteiger partial charge in [0.25, 0.3) is 5.56 Å². The van der Waals surface area contributed by atoms with Crippen molar-refractivity contribution in [3.63, 3.8) is 0 Å². The normalized spacial score (nSPS) is 14.6. The zero-order valence-electron chi connectivity index (χ0n) is 10.3. The molecule has 1 fully saturated rings. The van der Waals surface area contributed by atoms with Gasteiger partial charge in [-0.3, -0.25) is 4.79 Å². The summed E-state index contributed by atoms with van der Waals surface area (Å²) in [5, 5.41) is 7.48. The molecule has 1 N–H and O–H groups in total. The third-order valence-corrected chi connectivity index (χ3v) is 4.70. The number of thiophene rings is 1. The summed E-state index contributed by atoms with van der Waals surface area (Å²) < 4.78 is 2.55. The number of hydrogen-bond donors (Lipinski definition) is 1. The van der Waals surface area contributed by atoms with E-state index in [1.165, 1.54) is 17.5 Å². The van der Waals surface area contributed by atoms with Gasteiger partial charge in [-0.25, -0.2) is 4.68 Å². The summed E-state index contributed by atoms with van der Waals surface area (Å²) in [7, 11) is 0. The molecule has 1 aliphatic rings. The Kier molecular flexibility index (Phi) is 3.70. The Hall–Kier alpha value is -1.14. The Morgan fingerprint density at radius 1 is 1.47 bits per heavy atom. The molecule has 2 heterocycles. The smallest absolute Gasteiger partial charge is 0.269 e. The minimum Gasteiger partial charge on any atom is -0.383 e. The maximum Gasteiger partial charge on any atom is 0.269 e. The van der Waals surface area contributed by atoms with Crippen molar-refractivity contribution in [2.45, 2.75) is 19.4 Å². The van der Waals surface area contributed by atoms with Crippen molar-refractivity contribution < 1.29 is 0 Å². The number of nitrogens with one attached hydrogen (secondary N) is 1. The molecule has 6 heteroatoms. The number of anilines is 1. The highest BCUT2D eigenvalue weighted by molar-refractivity contribution is 9.11. The fraction of sp³-hybridized carbons (Fsp3) is 0.385. The van der Waals surface area contributed by atoms with E-state index < -0.39 is 0 Å². The van der Waals surface area contributed by atoms with Crippen LogP contribution in [0.25, 0.3) is 0 Å². The molecule has 4 nitrogen and oxygen atoms in total. The van der Waals surface area contributed by atoms with Gasteiger partial charge in [-0.2, -0.15) is 5.10 Å². The largest absolute Gasteiger partial charge is 0.383 e. The topological polar surface area (TPSA) is 46.9 Å². The summed E-state index contributed by atoms with van der Waals surface area (Å²) in [4.78, 5) is 13.1. The first kappa shape index (κ1) is 12.9. The average Bonchev–Trinajstić information content (AvgIpc) is 3.13. The molecule has 3 rings (SSSR count). The van der Waals surface area contributed by atoms with Crippen LogP contribution in [-0.2, 0) is 6.54 Å². The molecule has 19 heavy (non-hydrogen) atoms. The first-order chi connectivity index (χ1) is 9.20. The number of aromatic nitrogens is 2. The van der Waals surface area contributed by atoms with Gasteiger partial charge in [0.15, 0.2) is 0 Å². The van der Waals surface area contributed by atoms with Gasteiger partial charge in [0.05, 0.1) is 22.2 Å². The van der Waals surface area contributed by atoms with Crippen molar-refractivity contribution in [1.82, 2.24) is 9.78 Å². The lowest BCUT2D eigenvalue weighted by Crippen LogP contribution is -2.23. The summed E-state index contributed by atoms with van der Waals surface area (Å²) in [6.45, 7) is 1.47. The van der Waals surface area contributed by atoms with Gasteiger partial charge in [0.2, 0.25) is 0 Å². The van der Waals surface area contributed by atoms with Crippen LogP contribution in [0, 0.1) is 5.92 Å². The lowest BCUT2D eigenvalue weighted by Gasteiger charge is -2.06. The second-order valence-corrected chi connectivity index (χ2v) is 7.32. The highest BCUT2D eigenvalue weighted by atomic mass is 79.9. The summed E-state index contributed by atoms with van der Waals surface area (Å²) in [6.07, 6.45) is 4.32.